The molecule has 0 atom stereocenters. The molecule has 1 aromatic heterocycles. The van der Waals surface area contributed by atoms with Gasteiger partial charge in [0.15, 0.2) is 0 Å². The van der Waals surface area contributed by atoms with E-state index in [2.05, 4.69) is 9.97 Å². The van der Waals surface area contributed by atoms with Gasteiger partial charge in [0, 0.05) is 11.5 Å². The molecule has 2 rings (SSSR count). The fourth-order valence-electron chi connectivity index (χ4n) is 1.68. The van der Waals surface area contributed by atoms with Gasteiger partial charge in [0.05, 0.1) is 11.0 Å². The number of rotatable bonds is 2. The molecule has 0 aliphatic heterocycles. The SMILES string of the molecule is Cc1nc2ccc(C(F)(F)C(C)C)cc2[nH]1. The molecule has 1 N–H and O–H groups in total. The Morgan fingerprint density at radius 2 is 2.00 bits per heavy atom. The molecule has 0 aliphatic carbocycles. The smallest absolute Gasteiger partial charge is 0.275 e. The van der Waals surface area contributed by atoms with E-state index in [-0.39, 0.29) is 5.56 Å². The first kappa shape index (κ1) is 11.0. The predicted molar refractivity (Wildman–Crippen MR) is 59.6 cm³/mol. The number of aryl methyl sites for hydroxylation is 1. The summed E-state index contributed by atoms with van der Waals surface area (Å²) in [7, 11) is 0. The number of nitrogens with one attached hydrogen (secondary N) is 1. The van der Waals surface area contributed by atoms with Gasteiger partial charge in [0.25, 0.3) is 5.92 Å². The number of hydrogen-bond acceptors (Lipinski definition) is 1. The van der Waals surface area contributed by atoms with Crippen molar-refractivity contribution in [2.75, 3.05) is 0 Å². The third kappa shape index (κ3) is 1.68. The lowest BCUT2D eigenvalue weighted by atomic mass is 9.97. The van der Waals surface area contributed by atoms with Crippen molar-refractivity contribution in [2.45, 2.75) is 26.7 Å². The topological polar surface area (TPSA) is 28.7 Å². The van der Waals surface area contributed by atoms with Gasteiger partial charge < -0.3 is 4.98 Å². The lowest BCUT2D eigenvalue weighted by Crippen LogP contribution is -2.20. The van der Waals surface area contributed by atoms with Crippen LogP contribution in [0.4, 0.5) is 8.78 Å². The molecule has 0 amide bonds. The molecular weight excluding hydrogens is 210 g/mol. The number of hydrogen-bond donors (Lipinski definition) is 1. The summed E-state index contributed by atoms with van der Waals surface area (Å²) in [5, 5.41) is 0. The van der Waals surface area contributed by atoms with Crippen LogP contribution in [-0.2, 0) is 5.92 Å². The third-order valence-corrected chi connectivity index (χ3v) is 2.71. The van der Waals surface area contributed by atoms with E-state index in [1.165, 1.54) is 26.0 Å². The molecular formula is C12H14F2N2. The highest BCUT2D eigenvalue weighted by Crippen LogP contribution is 2.36. The van der Waals surface area contributed by atoms with Crippen molar-refractivity contribution >= 4 is 11.0 Å². The Balaban J connectivity index is 2.54. The minimum absolute atomic E-state index is 0.0404. The Labute approximate surface area is 92.7 Å². The second kappa shape index (κ2) is 3.54. The first-order chi connectivity index (χ1) is 7.41. The van der Waals surface area contributed by atoms with Crippen LogP contribution < -0.4 is 0 Å². The zero-order chi connectivity index (χ0) is 11.9. The number of imidazole rings is 1. The minimum atomic E-state index is -2.80. The number of fused-ring (bicyclic) bond motifs is 1. The number of nitrogens with zero attached hydrogens (tertiary/aromatic N) is 1. The lowest BCUT2D eigenvalue weighted by Gasteiger charge is -2.20. The van der Waals surface area contributed by atoms with E-state index >= 15 is 0 Å². The molecule has 0 fully saturated rings. The molecule has 4 heteroatoms. The van der Waals surface area contributed by atoms with Crippen LogP contribution >= 0.6 is 0 Å². The number of halogens is 2. The number of H-pyrrole nitrogens is 1. The maximum Gasteiger partial charge on any atom is 0.275 e. The van der Waals surface area contributed by atoms with Gasteiger partial charge >= 0.3 is 0 Å². The van der Waals surface area contributed by atoms with E-state index < -0.39 is 11.8 Å². The fourth-order valence-corrected chi connectivity index (χ4v) is 1.68. The summed E-state index contributed by atoms with van der Waals surface area (Å²) >= 11 is 0. The van der Waals surface area contributed by atoms with Crippen molar-refractivity contribution in [2.24, 2.45) is 5.92 Å². The molecule has 0 saturated carbocycles. The van der Waals surface area contributed by atoms with Crippen molar-refractivity contribution in [3.8, 4) is 0 Å². The average Bonchev–Trinajstić information content (AvgIpc) is 2.56. The number of aromatic nitrogens is 2. The quantitative estimate of drug-likeness (QED) is 0.829. The molecule has 0 saturated heterocycles. The maximum absolute atomic E-state index is 13.8. The van der Waals surface area contributed by atoms with Crippen LogP contribution in [0, 0.1) is 12.8 Å². The first-order valence-corrected chi connectivity index (χ1v) is 5.26. The van der Waals surface area contributed by atoms with Gasteiger partial charge in [0.2, 0.25) is 0 Å². The molecule has 0 unspecified atom stereocenters. The molecule has 86 valence electrons. The average molecular weight is 224 g/mol. The largest absolute Gasteiger partial charge is 0.342 e. The van der Waals surface area contributed by atoms with Crippen LogP contribution in [0.15, 0.2) is 18.2 Å². The molecule has 1 heterocycles. The van der Waals surface area contributed by atoms with Crippen LogP contribution in [-0.4, -0.2) is 9.97 Å². The van der Waals surface area contributed by atoms with E-state index in [4.69, 9.17) is 0 Å². The third-order valence-electron chi connectivity index (χ3n) is 2.71. The summed E-state index contributed by atoms with van der Waals surface area (Å²) in [5.41, 5.74) is 1.43. The van der Waals surface area contributed by atoms with Crippen LogP contribution in [0.1, 0.15) is 25.2 Å². The van der Waals surface area contributed by atoms with Crippen molar-refractivity contribution in [3.63, 3.8) is 0 Å². The first-order valence-electron chi connectivity index (χ1n) is 5.26. The van der Waals surface area contributed by atoms with Crippen LogP contribution in [0.5, 0.6) is 0 Å². The van der Waals surface area contributed by atoms with Crippen LogP contribution in [0.3, 0.4) is 0 Å². The van der Waals surface area contributed by atoms with Gasteiger partial charge in [0.1, 0.15) is 5.82 Å². The van der Waals surface area contributed by atoms with E-state index in [0.717, 1.165) is 11.3 Å². The molecule has 0 radical (unpaired) electrons. The summed E-state index contributed by atoms with van der Waals surface area (Å²) in [4.78, 5) is 7.15. The van der Waals surface area contributed by atoms with Gasteiger partial charge in [-0.2, -0.15) is 0 Å². The highest BCUT2D eigenvalue weighted by atomic mass is 19.3. The Bertz CT molecular complexity index is 515. The molecule has 0 spiro atoms. The summed E-state index contributed by atoms with van der Waals surface area (Å²) < 4.78 is 27.6. The van der Waals surface area contributed by atoms with Crippen LogP contribution in [0.2, 0.25) is 0 Å². The minimum Gasteiger partial charge on any atom is -0.342 e. The molecule has 0 aliphatic rings. The summed E-state index contributed by atoms with van der Waals surface area (Å²) in [6.07, 6.45) is 0. The van der Waals surface area contributed by atoms with Crippen molar-refractivity contribution in [1.29, 1.82) is 0 Å². The maximum atomic E-state index is 13.8. The number of benzene rings is 1. The monoisotopic (exact) mass is 224 g/mol. The van der Waals surface area contributed by atoms with Gasteiger partial charge in [-0.1, -0.05) is 19.9 Å². The van der Waals surface area contributed by atoms with Gasteiger partial charge in [-0.15, -0.1) is 0 Å². The predicted octanol–water partition coefficient (Wildman–Crippen LogP) is 3.62. The van der Waals surface area contributed by atoms with Crippen molar-refractivity contribution in [1.82, 2.24) is 9.97 Å². The Kier molecular flexibility index (Phi) is 2.45. The van der Waals surface area contributed by atoms with E-state index in [1.54, 1.807) is 13.0 Å². The normalized spacial score (nSPS) is 12.6. The van der Waals surface area contributed by atoms with E-state index in [0.29, 0.717) is 5.52 Å². The highest BCUT2D eigenvalue weighted by molar-refractivity contribution is 5.76. The van der Waals surface area contributed by atoms with E-state index in [9.17, 15) is 8.78 Å². The molecule has 2 nitrogen and oxygen atoms in total. The molecule has 1 aromatic carbocycles. The Hall–Kier alpha value is -1.45. The highest BCUT2D eigenvalue weighted by Gasteiger charge is 2.35. The zero-order valence-corrected chi connectivity index (χ0v) is 9.51. The number of alkyl halides is 2. The van der Waals surface area contributed by atoms with Gasteiger partial charge in [-0.3, -0.25) is 0 Å². The Morgan fingerprint density at radius 1 is 1.31 bits per heavy atom. The molecule has 2 aromatic rings. The number of aromatic amines is 1. The lowest BCUT2D eigenvalue weighted by molar-refractivity contribution is -0.0512. The summed E-state index contributed by atoms with van der Waals surface area (Å²) in [5.74, 6) is -2.78. The fraction of sp³-hybridized carbons (Fsp3) is 0.417. The molecule has 16 heavy (non-hydrogen) atoms. The second-order valence-corrected chi connectivity index (χ2v) is 4.33. The van der Waals surface area contributed by atoms with Gasteiger partial charge in [-0.25, -0.2) is 13.8 Å². The summed E-state index contributed by atoms with van der Waals surface area (Å²) in [6.45, 7) is 4.84. The standard InChI is InChI=1S/C12H14F2N2/c1-7(2)12(13,14)9-4-5-10-11(6-9)16-8(3)15-10/h4-7H,1-3H3,(H,15,16). The van der Waals surface area contributed by atoms with Crippen molar-refractivity contribution < 1.29 is 8.78 Å². The zero-order valence-electron chi connectivity index (χ0n) is 9.51. The van der Waals surface area contributed by atoms with Crippen LogP contribution in [0.25, 0.3) is 11.0 Å². The summed E-state index contributed by atoms with van der Waals surface area (Å²) in [6, 6.07) is 4.56. The second-order valence-electron chi connectivity index (χ2n) is 4.33. The van der Waals surface area contributed by atoms with Gasteiger partial charge in [-0.05, 0) is 19.1 Å². The Morgan fingerprint density at radius 3 is 2.62 bits per heavy atom. The molecule has 0 bridgehead atoms. The van der Waals surface area contributed by atoms with E-state index in [1.807, 2.05) is 0 Å². The van der Waals surface area contributed by atoms with Crippen molar-refractivity contribution in [3.05, 3.63) is 29.6 Å².